The molecular formula is C22H27N3O3. The third-order valence-corrected chi connectivity index (χ3v) is 5.65. The standard InChI is InChI=1S/C22H27N3O3/c1-14-20(23)9-10-24-21(14)28-17-4-3-11-25(13-17)22(26)18-8-7-16(27-2)12-19(18)15-5-6-15/h7-10,12,15,17H,3-6,11,13H2,1-2H3,(H2,23,24). The number of nitrogen functional groups attached to an aromatic ring is 1. The molecule has 2 heterocycles. The van der Waals surface area contributed by atoms with Gasteiger partial charge in [-0.25, -0.2) is 4.98 Å². The molecule has 0 spiro atoms. The summed E-state index contributed by atoms with van der Waals surface area (Å²) >= 11 is 0. The highest BCUT2D eigenvalue weighted by Gasteiger charge is 2.32. The molecule has 1 amide bonds. The Kier molecular flexibility index (Phi) is 5.11. The molecule has 28 heavy (non-hydrogen) atoms. The van der Waals surface area contributed by atoms with Crippen LogP contribution >= 0.6 is 0 Å². The number of piperidine rings is 1. The summed E-state index contributed by atoms with van der Waals surface area (Å²) in [6.45, 7) is 3.21. The quantitative estimate of drug-likeness (QED) is 0.857. The van der Waals surface area contributed by atoms with E-state index in [0.29, 0.717) is 24.0 Å². The van der Waals surface area contributed by atoms with Crippen LogP contribution in [0.5, 0.6) is 11.6 Å². The van der Waals surface area contributed by atoms with Gasteiger partial charge in [0, 0.05) is 29.6 Å². The minimum atomic E-state index is -0.0756. The molecule has 6 nitrogen and oxygen atoms in total. The number of likely N-dealkylation sites (tertiary alicyclic amines) is 1. The Bertz CT molecular complexity index is 879. The van der Waals surface area contributed by atoms with Gasteiger partial charge in [-0.1, -0.05) is 0 Å². The van der Waals surface area contributed by atoms with Gasteiger partial charge in [-0.3, -0.25) is 4.79 Å². The van der Waals surface area contributed by atoms with Crippen LogP contribution in [-0.2, 0) is 0 Å². The first-order valence-corrected chi connectivity index (χ1v) is 9.91. The van der Waals surface area contributed by atoms with Crippen LogP contribution in [0, 0.1) is 6.92 Å². The highest BCUT2D eigenvalue weighted by molar-refractivity contribution is 5.96. The summed E-state index contributed by atoms with van der Waals surface area (Å²) in [5, 5.41) is 0. The molecule has 148 valence electrons. The molecular weight excluding hydrogens is 354 g/mol. The number of benzene rings is 1. The van der Waals surface area contributed by atoms with Crippen molar-refractivity contribution in [3.63, 3.8) is 0 Å². The van der Waals surface area contributed by atoms with E-state index < -0.39 is 0 Å². The highest BCUT2D eigenvalue weighted by atomic mass is 16.5. The molecule has 2 aromatic rings. The van der Waals surface area contributed by atoms with Crippen LogP contribution in [0.25, 0.3) is 0 Å². The minimum absolute atomic E-state index is 0.0756. The number of hydrogen-bond donors (Lipinski definition) is 1. The number of carbonyl (C=O) groups is 1. The number of nitrogens with two attached hydrogens (primary N) is 1. The van der Waals surface area contributed by atoms with Crippen molar-refractivity contribution in [1.29, 1.82) is 0 Å². The molecule has 1 saturated heterocycles. The molecule has 4 rings (SSSR count). The fraction of sp³-hybridized carbons (Fsp3) is 0.455. The summed E-state index contributed by atoms with van der Waals surface area (Å²) < 4.78 is 11.5. The first-order chi connectivity index (χ1) is 13.6. The summed E-state index contributed by atoms with van der Waals surface area (Å²) in [7, 11) is 1.66. The van der Waals surface area contributed by atoms with Crippen LogP contribution in [0.2, 0.25) is 0 Å². The number of carbonyl (C=O) groups excluding carboxylic acids is 1. The van der Waals surface area contributed by atoms with Crippen LogP contribution in [0.1, 0.15) is 53.1 Å². The molecule has 6 heteroatoms. The van der Waals surface area contributed by atoms with Crippen molar-refractivity contribution in [3.8, 4) is 11.6 Å². The first kappa shape index (κ1) is 18.6. The number of methoxy groups -OCH3 is 1. The van der Waals surface area contributed by atoms with Crippen molar-refractivity contribution < 1.29 is 14.3 Å². The van der Waals surface area contributed by atoms with E-state index >= 15 is 0 Å². The number of amides is 1. The van der Waals surface area contributed by atoms with E-state index in [-0.39, 0.29) is 12.0 Å². The number of anilines is 1. The highest BCUT2D eigenvalue weighted by Crippen LogP contribution is 2.43. The minimum Gasteiger partial charge on any atom is -0.497 e. The Morgan fingerprint density at radius 2 is 2.07 bits per heavy atom. The zero-order chi connectivity index (χ0) is 19.7. The van der Waals surface area contributed by atoms with Crippen LogP contribution in [0.3, 0.4) is 0 Å². The topological polar surface area (TPSA) is 77.7 Å². The Labute approximate surface area is 165 Å². The number of hydrogen-bond acceptors (Lipinski definition) is 5. The van der Waals surface area contributed by atoms with Gasteiger partial charge in [0.15, 0.2) is 0 Å². The third kappa shape index (κ3) is 3.77. The summed E-state index contributed by atoms with van der Waals surface area (Å²) in [5.74, 6) is 1.92. The predicted octanol–water partition coefficient (Wildman–Crippen LogP) is 3.54. The summed E-state index contributed by atoms with van der Waals surface area (Å²) in [6, 6.07) is 7.56. The zero-order valence-corrected chi connectivity index (χ0v) is 16.5. The van der Waals surface area contributed by atoms with Gasteiger partial charge in [0.05, 0.1) is 13.7 Å². The van der Waals surface area contributed by atoms with E-state index in [9.17, 15) is 4.79 Å². The van der Waals surface area contributed by atoms with E-state index in [1.165, 1.54) is 0 Å². The molecule has 2 N–H and O–H groups in total. The van der Waals surface area contributed by atoms with E-state index in [4.69, 9.17) is 15.2 Å². The monoisotopic (exact) mass is 381 g/mol. The molecule has 1 aliphatic carbocycles. The van der Waals surface area contributed by atoms with Crippen molar-refractivity contribution in [2.24, 2.45) is 0 Å². The number of ether oxygens (including phenoxy) is 2. The molecule has 1 saturated carbocycles. The number of aromatic nitrogens is 1. The van der Waals surface area contributed by atoms with Crippen LogP contribution < -0.4 is 15.2 Å². The average molecular weight is 381 g/mol. The molecule has 1 aromatic heterocycles. The number of pyridine rings is 1. The fourth-order valence-electron chi connectivity index (χ4n) is 3.79. The van der Waals surface area contributed by atoms with Gasteiger partial charge >= 0.3 is 0 Å². The lowest BCUT2D eigenvalue weighted by atomic mass is 10.00. The van der Waals surface area contributed by atoms with Crippen molar-refractivity contribution in [2.75, 3.05) is 25.9 Å². The Morgan fingerprint density at radius 1 is 1.25 bits per heavy atom. The fourth-order valence-corrected chi connectivity index (χ4v) is 3.79. The summed E-state index contributed by atoms with van der Waals surface area (Å²) in [5.41, 5.74) is 9.37. The molecule has 1 atom stereocenters. The maximum absolute atomic E-state index is 13.3. The van der Waals surface area contributed by atoms with Crippen LogP contribution in [-0.4, -0.2) is 42.1 Å². The SMILES string of the molecule is COc1ccc(C(=O)N2CCCC(Oc3nccc(N)c3C)C2)c(C2CC2)c1. The Balaban J connectivity index is 1.50. The van der Waals surface area contributed by atoms with Crippen molar-refractivity contribution in [1.82, 2.24) is 9.88 Å². The summed E-state index contributed by atoms with van der Waals surface area (Å²) in [4.78, 5) is 19.5. The molecule has 2 fully saturated rings. The number of rotatable bonds is 5. The second-order valence-electron chi connectivity index (χ2n) is 7.69. The smallest absolute Gasteiger partial charge is 0.254 e. The maximum Gasteiger partial charge on any atom is 0.254 e. The van der Waals surface area contributed by atoms with E-state index in [1.54, 1.807) is 19.4 Å². The second-order valence-corrected chi connectivity index (χ2v) is 7.69. The van der Waals surface area contributed by atoms with Crippen LogP contribution in [0.4, 0.5) is 5.69 Å². The van der Waals surface area contributed by atoms with Gasteiger partial charge in [0.2, 0.25) is 5.88 Å². The maximum atomic E-state index is 13.3. The Hall–Kier alpha value is -2.76. The zero-order valence-electron chi connectivity index (χ0n) is 16.5. The molecule has 0 bridgehead atoms. The lowest BCUT2D eigenvalue weighted by Crippen LogP contribution is -2.44. The Morgan fingerprint density at radius 3 is 2.82 bits per heavy atom. The number of nitrogens with zero attached hydrogens (tertiary/aromatic N) is 2. The van der Waals surface area contributed by atoms with E-state index in [1.807, 2.05) is 30.0 Å². The predicted molar refractivity (Wildman–Crippen MR) is 108 cm³/mol. The van der Waals surface area contributed by atoms with Crippen molar-refractivity contribution in [3.05, 3.63) is 47.2 Å². The third-order valence-electron chi connectivity index (χ3n) is 5.65. The lowest BCUT2D eigenvalue weighted by Gasteiger charge is -2.33. The van der Waals surface area contributed by atoms with Gasteiger partial charge in [-0.15, -0.1) is 0 Å². The van der Waals surface area contributed by atoms with E-state index in [2.05, 4.69) is 4.98 Å². The van der Waals surface area contributed by atoms with Crippen LogP contribution in [0.15, 0.2) is 30.5 Å². The normalized spacial score (nSPS) is 19.4. The van der Waals surface area contributed by atoms with Gasteiger partial charge in [0.25, 0.3) is 5.91 Å². The van der Waals surface area contributed by atoms with Gasteiger partial charge in [-0.05, 0) is 68.4 Å². The largest absolute Gasteiger partial charge is 0.497 e. The van der Waals surface area contributed by atoms with Gasteiger partial charge < -0.3 is 20.1 Å². The second kappa shape index (κ2) is 7.70. The molecule has 0 radical (unpaired) electrons. The van der Waals surface area contributed by atoms with Crippen molar-refractivity contribution >= 4 is 11.6 Å². The van der Waals surface area contributed by atoms with Gasteiger partial charge in [0.1, 0.15) is 11.9 Å². The molecule has 1 aromatic carbocycles. The summed E-state index contributed by atoms with van der Waals surface area (Å²) in [6.07, 6.45) is 5.67. The molecule has 1 unspecified atom stereocenters. The molecule has 1 aliphatic heterocycles. The molecule has 2 aliphatic rings. The lowest BCUT2D eigenvalue weighted by molar-refractivity contribution is 0.0525. The first-order valence-electron chi connectivity index (χ1n) is 9.91. The van der Waals surface area contributed by atoms with Crippen molar-refractivity contribution in [2.45, 2.75) is 44.6 Å². The van der Waals surface area contributed by atoms with Gasteiger partial charge in [-0.2, -0.15) is 0 Å². The average Bonchev–Trinajstić information content (AvgIpc) is 3.56. The van der Waals surface area contributed by atoms with E-state index in [0.717, 1.165) is 54.7 Å².